The lowest BCUT2D eigenvalue weighted by atomic mass is 10.1. The molecule has 1 aliphatic carbocycles. The van der Waals surface area contributed by atoms with Gasteiger partial charge in [0.05, 0.1) is 0 Å². The van der Waals surface area contributed by atoms with Gasteiger partial charge in [0.25, 0.3) is 5.91 Å². The summed E-state index contributed by atoms with van der Waals surface area (Å²) in [5, 5.41) is 4.89. The van der Waals surface area contributed by atoms with E-state index in [1.807, 2.05) is 48.5 Å². The number of amides is 1. The summed E-state index contributed by atoms with van der Waals surface area (Å²) in [7, 11) is 0. The second-order valence-corrected chi connectivity index (χ2v) is 8.32. The lowest BCUT2D eigenvalue weighted by Gasteiger charge is -2.14. The predicted octanol–water partition coefficient (Wildman–Crippen LogP) is 5.35. The smallest absolute Gasteiger partial charge is 0.349 e. The van der Waals surface area contributed by atoms with E-state index in [2.05, 4.69) is 5.32 Å². The summed E-state index contributed by atoms with van der Waals surface area (Å²) in [6.07, 6.45) is 4.77. The molecule has 0 saturated carbocycles. The zero-order chi connectivity index (χ0) is 19.5. The molecule has 0 bridgehead atoms. The van der Waals surface area contributed by atoms with Crippen LogP contribution >= 0.6 is 11.3 Å². The SMILES string of the molecule is C[C@H](OC(=O)c1cc2c(s1)CCCCC2)C(=O)Nc1cccc2ccccc12. The molecule has 28 heavy (non-hydrogen) atoms. The van der Waals surface area contributed by atoms with Crippen LogP contribution in [0.15, 0.2) is 48.5 Å². The molecular formula is C23H23NO3S. The summed E-state index contributed by atoms with van der Waals surface area (Å²) in [5.41, 5.74) is 1.98. The molecular weight excluding hydrogens is 370 g/mol. The van der Waals surface area contributed by atoms with Gasteiger partial charge in [0.1, 0.15) is 4.88 Å². The maximum Gasteiger partial charge on any atom is 0.349 e. The number of carbonyl (C=O) groups is 2. The lowest BCUT2D eigenvalue weighted by molar-refractivity contribution is -0.123. The third kappa shape index (κ3) is 3.94. The third-order valence-corrected chi connectivity index (χ3v) is 6.37. The molecule has 3 aromatic rings. The van der Waals surface area contributed by atoms with Gasteiger partial charge in [-0.2, -0.15) is 0 Å². The Morgan fingerprint density at radius 1 is 1.04 bits per heavy atom. The Balaban J connectivity index is 1.43. The molecule has 1 atom stereocenters. The molecule has 0 spiro atoms. The maximum absolute atomic E-state index is 12.6. The summed E-state index contributed by atoms with van der Waals surface area (Å²) in [5.74, 6) is -0.749. The summed E-state index contributed by atoms with van der Waals surface area (Å²) >= 11 is 1.51. The Hall–Kier alpha value is -2.66. The Kier molecular flexibility index (Phi) is 5.44. The highest BCUT2D eigenvalue weighted by Gasteiger charge is 2.22. The van der Waals surface area contributed by atoms with Crippen molar-refractivity contribution in [1.29, 1.82) is 0 Å². The van der Waals surface area contributed by atoms with Crippen LogP contribution < -0.4 is 5.32 Å². The van der Waals surface area contributed by atoms with Crippen molar-refractivity contribution in [2.24, 2.45) is 0 Å². The molecule has 0 fully saturated rings. The van der Waals surface area contributed by atoms with E-state index in [-0.39, 0.29) is 5.91 Å². The van der Waals surface area contributed by atoms with Crippen LogP contribution in [0, 0.1) is 0 Å². The zero-order valence-electron chi connectivity index (χ0n) is 15.9. The molecule has 0 saturated heterocycles. The molecule has 4 rings (SSSR count). The molecule has 1 aliphatic rings. The number of hydrogen-bond acceptors (Lipinski definition) is 4. The van der Waals surface area contributed by atoms with E-state index in [0.717, 1.165) is 23.6 Å². The van der Waals surface area contributed by atoms with E-state index < -0.39 is 12.1 Å². The highest BCUT2D eigenvalue weighted by molar-refractivity contribution is 7.14. The molecule has 1 amide bonds. The molecule has 1 heterocycles. The Morgan fingerprint density at radius 2 is 1.82 bits per heavy atom. The first-order chi connectivity index (χ1) is 13.6. The molecule has 1 aromatic heterocycles. The average Bonchev–Trinajstić information content (AvgIpc) is 2.99. The number of hydrogen-bond donors (Lipinski definition) is 1. The van der Waals surface area contributed by atoms with Crippen molar-refractivity contribution in [3.63, 3.8) is 0 Å². The van der Waals surface area contributed by atoms with Crippen molar-refractivity contribution in [2.45, 2.75) is 45.1 Å². The molecule has 0 radical (unpaired) electrons. The topological polar surface area (TPSA) is 55.4 Å². The van der Waals surface area contributed by atoms with Gasteiger partial charge in [-0.25, -0.2) is 4.79 Å². The van der Waals surface area contributed by atoms with Crippen LogP contribution in [0.25, 0.3) is 10.8 Å². The Bertz CT molecular complexity index is 995. The molecule has 4 nitrogen and oxygen atoms in total. The fourth-order valence-electron chi connectivity index (χ4n) is 3.61. The van der Waals surface area contributed by atoms with Crippen LogP contribution in [0.4, 0.5) is 5.69 Å². The van der Waals surface area contributed by atoms with Crippen molar-refractivity contribution < 1.29 is 14.3 Å². The first kappa shape index (κ1) is 18.7. The fourth-order valence-corrected chi connectivity index (χ4v) is 4.75. The highest BCUT2D eigenvalue weighted by Crippen LogP contribution is 2.29. The summed E-state index contributed by atoms with van der Waals surface area (Å²) in [6, 6.07) is 15.5. The number of thiophene rings is 1. The van der Waals surface area contributed by atoms with Crippen LogP contribution in [0.1, 0.15) is 46.3 Å². The minimum atomic E-state index is -0.867. The van der Waals surface area contributed by atoms with Crippen molar-refractivity contribution in [3.8, 4) is 0 Å². The standard InChI is InChI=1S/C23H23NO3S/c1-15(22(25)24-19-12-7-10-16-8-5-6-11-18(16)19)27-23(26)21-14-17-9-3-2-4-13-20(17)28-21/h5-8,10-12,14-15H,2-4,9,13H2,1H3,(H,24,25)/t15-/m0/s1. The minimum absolute atomic E-state index is 0.331. The van der Waals surface area contributed by atoms with Crippen LogP contribution in [-0.4, -0.2) is 18.0 Å². The van der Waals surface area contributed by atoms with Gasteiger partial charge in [0.15, 0.2) is 6.10 Å². The zero-order valence-corrected chi connectivity index (χ0v) is 16.7. The van der Waals surface area contributed by atoms with Crippen molar-refractivity contribution in [1.82, 2.24) is 0 Å². The van der Waals surface area contributed by atoms with E-state index in [9.17, 15) is 9.59 Å². The van der Waals surface area contributed by atoms with Gasteiger partial charge in [-0.05, 0) is 55.7 Å². The van der Waals surface area contributed by atoms with Gasteiger partial charge in [0.2, 0.25) is 0 Å². The van der Waals surface area contributed by atoms with E-state index in [4.69, 9.17) is 4.74 Å². The minimum Gasteiger partial charge on any atom is -0.448 e. The summed E-state index contributed by atoms with van der Waals surface area (Å²) < 4.78 is 5.45. The van der Waals surface area contributed by atoms with E-state index >= 15 is 0 Å². The monoisotopic (exact) mass is 393 g/mol. The second-order valence-electron chi connectivity index (χ2n) is 7.18. The van der Waals surface area contributed by atoms with E-state index in [1.54, 1.807) is 6.92 Å². The molecule has 5 heteroatoms. The first-order valence-electron chi connectivity index (χ1n) is 9.73. The van der Waals surface area contributed by atoms with Crippen LogP contribution in [0.3, 0.4) is 0 Å². The van der Waals surface area contributed by atoms with Gasteiger partial charge >= 0.3 is 5.97 Å². The van der Waals surface area contributed by atoms with Crippen LogP contribution in [0.2, 0.25) is 0 Å². The number of anilines is 1. The molecule has 0 unspecified atom stereocenters. The third-order valence-electron chi connectivity index (χ3n) is 5.15. The Morgan fingerprint density at radius 3 is 2.71 bits per heavy atom. The van der Waals surface area contributed by atoms with Crippen LogP contribution in [-0.2, 0) is 22.4 Å². The van der Waals surface area contributed by atoms with Crippen LogP contribution in [0.5, 0.6) is 0 Å². The fraction of sp³-hybridized carbons (Fsp3) is 0.304. The molecule has 144 valence electrons. The van der Waals surface area contributed by atoms with E-state index in [1.165, 1.54) is 41.0 Å². The Labute approximate surface area is 168 Å². The van der Waals surface area contributed by atoms with Gasteiger partial charge in [0, 0.05) is 16.0 Å². The van der Waals surface area contributed by atoms with Gasteiger partial charge in [-0.15, -0.1) is 11.3 Å². The lowest BCUT2D eigenvalue weighted by Crippen LogP contribution is -2.29. The van der Waals surface area contributed by atoms with Crippen molar-refractivity contribution >= 4 is 39.7 Å². The number of rotatable bonds is 4. The normalized spacial score (nSPS) is 14.8. The quantitative estimate of drug-likeness (QED) is 0.480. The average molecular weight is 394 g/mol. The summed E-state index contributed by atoms with van der Waals surface area (Å²) in [4.78, 5) is 27.0. The number of esters is 1. The maximum atomic E-state index is 12.6. The number of ether oxygens (including phenoxy) is 1. The molecule has 2 aromatic carbocycles. The van der Waals surface area contributed by atoms with Crippen molar-refractivity contribution in [3.05, 3.63) is 63.8 Å². The van der Waals surface area contributed by atoms with Gasteiger partial charge in [-0.3, -0.25) is 4.79 Å². The first-order valence-corrected chi connectivity index (χ1v) is 10.5. The largest absolute Gasteiger partial charge is 0.448 e. The number of fused-ring (bicyclic) bond motifs is 2. The number of carbonyl (C=O) groups excluding carboxylic acids is 2. The number of nitrogens with one attached hydrogen (secondary N) is 1. The highest BCUT2D eigenvalue weighted by atomic mass is 32.1. The number of aryl methyl sites for hydroxylation is 2. The predicted molar refractivity (Wildman–Crippen MR) is 113 cm³/mol. The van der Waals surface area contributed by atoms with E-state index in [0.29, 0.717) is 10.6 Å². The van der Waals surface area contributed by atoms with Gasteiger partial charge in [-0.1, -0.05) is 42.8 Å². The number of benzene rings is 2. The van der Waals surface area contributed by atoms with Crippen molar-refractivity contribution in [2.75, 3.05) is 5.32 Å². The summed E-state index contributed by atoms with van der Waals surface area (Å²) in [6.45, 7) is 1.61. The molecule has 0 aliphatic heterocycles. The van der Waals surface area contributed by atoms with Gasteiger partial charge < -0.3 is 10.1 Å². The molecule has 1 N–H and O–H groups in total. The second kappa shape index (κ2) is 8.15.